The van der Waals surface area contributed by atoms with Crippen LogP contribution in [0.1, 0.15) is 25.0 Å². The van der Waals surface area contributed by atoms with Crippen LogP contribution in [0.2, 0.25) is 0 Å². The molecule has 6 rings (SSSR count). The average molecular weight is 442 g/mol. The lowest BCUT2D eigenvalue weighted by atomic mass is 10.1. The predicted octanol–water partition coefficient (Wildman–Crippen LogP) is 4.08. The van der Waals surface area contributed by atoms with Gasteiger partial charge >= 0.3 is 6.03 Å². The van der Waals surface area contributed by atoms with E-state index in [0.29, 0.717) is 11.6 Å². The maximum atomic E-state index is 13.5. The summed E-state index contributed by atoms with van der Waals surface area (Å²) in [6.45, 7) is 5.83. The van der Waals surface area contributed by atoms with E-state index in [2.05, 4.69) is 31.2 Å². The van der Waals surface area contributed by atoms with E-state index < -0.39 is 0 Å². The van der Waals surface area contributed by atoms with Crippen molar-refractivity contribution in [2.75, 3.05) is 46.2 Å². The largest absolute Gasteiger partial charge is 0.371 e. The summed E-state index contributed by atoms with van der Waals surface area (Å²) in [7, 11) is 0. The van der Waals surface area contributed by atoms with Gasteiger partial charge in [0.05, 0.1) is 17.4 Å². The first-order chi connectivity index (χ1) is 16.2. The molecule has 3 aromatic heterocycles. The van der Waals surface area contributed by atoms with E-state index in [0.717, 1.165) is 60.9 Å². The van der Waals surface area contributed by atoms with Gasteiger partial charge in [-0.1, -0.05) is 0 Å². The van der Waals surface area contributed by atoms with Crippen molar-refractivity contribution in [3.63, 3.8) is 0 Å². The van der Waals surface area contributed by atoms with Gasteiger partial charge in [-0.15, -0.1) is 0 Å². The normalized spacial score (nSPS) is 19.1. The Bertz CT molecular complexity index is 1210. The zero-order valence-corrected chi connectivity index (χ0v) is 18.7. The van der Waals surface area contributed by atoms with Crippen LogP contribution >= 0.6 is 0 Å². The highest BCUT2D eigenvalue weighted by atomic mass is 16.2. The Labute approximate surface area is 193 Å². The summed E-state index contributed by atoms with van der Waals surface area (Å²) in [5.74, 6) is 1.29. The molecule has 1 N–H and O–H groups in total. The van der Waals surface area contributed by atoms with Gasteiger partial charge < -0.3 is 9.80 Å². The Morgan fingerprint density at radius 3 is 2.70 bits per heavy atom. The molecule has 2 amide bonds. The van der Waals surface area contributed by atoms with Crippen molar-refractivity contribution in [3.05, 3.63) is 54.5 Å². The minimum atomic E-state index is -0.176. The summed E-state index contributed by atoms with van der Waals surface area (Å²) in [5.41, 5.74) is 4.89. The zero-order chi connectivity index (χ0) is 22.4. The van der Waals surface area contributed by atoms with E-state index in [-0.39, 0.29) is 12.1 Å². The second-order valence-electron chi connectivity index (χ2n) is 9.01. The fourth-order valence-corrected chi connectivity index (χ4v) is 5.17. The summed E-state index contributed by atoms with van der Waals surface area (Å²) >= 11 is 0. The lowest BCUT2D eigenvalue weighted by Gasteiger charge is -2.35. The van der Waals surface area contributed by atoms with Crippen LogP contribution in [0.4, 0.5) is 27.8 Å². The molecular weight excluding hydrogens is 414 g/mol. The number of carbonyl (C=O) groups is 1. The van der Waals surface area contributed by atoms with Crippen LogP contribution in [0.5, 0.6) is 0 Å². The van der Waals surface area contributed by atoms with Crippen LogP contribution in [0, 0.1) is 6.92 Å². The summed E-state index contributed by atoms with van der Waals surface area (Å²) < 4.78 is 0. The molecule has 0 aromatic carbocycles. The van der Waals surface area contributed by atoms with Crippen LogP contribution in [0.25, 0.3) is 11.3 Å². The lowest BCUT2D eigenvalue weighted by molar-refractivity contribution is 0.254. The van der Waals surface area contributed by atoms with Gasteiger partial charge in [-0.05, 0) is 56.5 Å². The number of fused-ring (bicyclic) bond motifs is 4. The van der Waals surface area contributed by atoms with Crippen LogP contribution in [0.15, 0.2) is 48.8 Å². The molecule has 6 heterocycles. The summed E-state index contributed by atoms with van der Waals surface area (Å²) in [6.07, 6.45) is 6.90. The van der Waals surface area contributed by atoms with E-state index in [1.807, 2.05) is 42.2 Å². The Morgan fingerprint density at radius 2 is 1.85 bits per heavy atom. The number of nitrogens with zero attached hydrogens (tertiary/aromatic N) is 6. The van der Waals surface area contributed by atoms with Crippen LogP contribution < -0.4 is 20.0 Å². The molecule has 2 saturated heterocycles. The maximum absolute atomic E-state index is 13.5. The monoisotopic (exact) mass is 441 g/mol. The third-order valence-electron chi connectivity index (χ3n) is 6.81. The first-order valence-electron chi connectivity index (χ1n) is 11.7. The summed E-state index contributed by atoms with van der Waals surface area (Å²) in [4.78, 5) is 33.7. The molecule has 0 spiro atoms. The van der Waals surface area contributed by atoms with Crippen molar-refractivity contribution in [1.82, 2.24) is 15.0 Å². The third-order valence-corrected chi connectivity index (χ3v) is 6.81. The van der Waals surface area contributed by atoms with Crippen molar-refractivity contribution in [3.8, 4) is 11.3 Å². The number of hydrogen-bond acceptors (Lipinski definition) is 6. The van der Waals surface area contributed by atoms with Gasteiger partial charge in [0.2, 0.25) is 0 Å². The van der Waals surface area contributed by atoms with E-state index in [1.165, 1.54) is 12.8 Å². The Morgan fingerprint density at radius 1 is 1.00 bits per heavy atom. The van der Waals surface area contributed by atoms with Crippen molar-refractivity contribution in [2.24, 2.45) is 0 Å². The van der Waals surface area contributed by atoms with Gasteiger partial charge in [-0.2, -0.15) is 0 Å². The van der Waals surface area contributed by atoms with Gasteiger partial charge in [0, 0.05) is 61.6 Å². The number of amides is 2. The number of aryl methyl sites for hydroxylation is 1. The van der Waals surface area contributed by atoms with Crippen molar-refractivity contribution in [2.45, 2.75) is 32.2 Å². The second-order valence-corrected chi connectivity index (χ2v) is 9.01. The number of nitrogens with one attached hydrogen (secondary N) is 1. The topological polar surface area (TPSA) is 77.5 Å². The molecule has 2 bridgehead atoms. The molecule has 1 atom stereocenters. The Balaban J connectivity index is 1.32. The van der Waals surface area contributed by atoms with E-state index in [9.17, 15) is 4.79 Å². The van der Waals surface area contributed by atoms with Crippen LogP contribution in [-0.2, 0) is 0 Å². The Hall–Kier alpha value is -3.68. The van der Waals surface area contributed by atoms with Crippen molar-refractivity contribution >= 4 is 29.0 Å². The van der Waals surface area contributed by atoms with Crippen molar-refractivity contribution < 1.29 is 4.79 Å². The Kier molecular flexibility index (Phi) is 4.86. The third kappa shape index (κ3) is 3.65. The fraction of sp³-hybridized carbons (Fsp3) is 0.360. The van der Waals surface area contributed by atoms with Gasteiger partial charge in [0.1, 0.15) is 5.82 Å². The molecule has 3 aliphatic heterocycles. The number of pyridine rings is 3. The molecule has 168 valence electrons. The van der Waals surface area contributed by atoms with Gasteiger partial charge in [-0.25, -0.2) is 14.8 Å². The quantitative estimate of drug-likeness (QED) is 0.660. The molecular formula is C25H27N7O. The minimum absolute atomic E-state index is 0.0983. The first kappa shape index (κ1) is 20.0. The predicted molar refractivity (Wildman–Crippen MR) is 130 cm³/mol. The smallest absolute Gasteiger partial charge is 0.329 e. The standard InChI is InChI=1S/C25H27N7O/c1-17-14-18(6-9-26-17)21-4-5-22-24(28-21)32(20-8-13-31(22)16-20)25(33)29-23-15-19(7-10-27-23)30-11-2-3-12-30/h4-7,9-10,14-15,20H,2-3,8,11-13,16H2,1H3,(H,27,29,33)/t20-/m0/s1. The van der Waals surface area contributed by atoms with Gasteiger partial charge in [-0.3, -0.25) is 15.2 Å². The molecule has 3 aromatic rings. The maximum Gasteiger partial charge on any atom is 0.329 e. The molecule has 0 radical (unpaired) electrons. The molecule has 0 aliphatic carbocycles. The molecule has 0 saturated carbocycles. The highest BCUT2D eigenvalue weighted by molar-refractivity contribution is 6.04. The average Bonchev–Trinajstić information content (AvgIpc) is 3.51. The number of carbonyl (C=O) groups excluding carboxylic acids is 1. The number of hydrogen-bond donors (Lipinski definition) is 1. The second kappa shape index (κ2) is 8.03. The van der Waals surface area contributed by atoms with Crippen molar-refractivity contribution in [1.29, 1.82) is 0 Å². The van der Waals surface area contributed by atoms with Crippen LogP contribution in [0.3, 0.4) is 0 Å². The van der Waals surface area contributed by atoms with E-state index >= 15 is 0 Å². The molecule has 0 unspecified atom stereocenters. The molecule has 3 aliphatic rings. The van der Waals surface area contributed by atoms with Crippen LogP contribution in [-0.4, -0.2) is 53.2 Å². The SMILES string of the molecule is Cc1cc(-c2ccc3c(n2)N(C(=O)Nc2cc(N4CCCC4)ccn2)[C@H]2CCN3C2)ccn1. The number of rotatable bonds is 3. The summed E-state index contributed by atoms with van der Waals surface area (Å²) in [5, 5.41) is 3.05. The lowest BCUT2D eigenvalue weighted by Crippen LogP contribution is -2.48. The number of urea groups is 1. The zero-order valence-electron chi connectivity index (χ0n) is 18.7. The molecule has 33 heavy (non-hydrogen) atoms. The van der Waals surface area contributed by atoms with E-state index in [1.54, 1.807) is 12.4 Å². The highest BCUT2D eigenvalue weighted by Gasteiger charge is 2.40. The number of anilines is 4. The first-order valence-corrected chi connectivity index (χ1v) is 11.7. The minimum Gasteiger partial charge on any atom is -0.371 e. The van der Waals surface area contributed by atoms with Gasteiger partial charge in [0.25, 0.3) is 0 Å². The fourth-order valence-electron chi connectivity index (χ4n) is 5.17. The summed E-state index contributed by atoms with van der Waals surface area (Å²) in [6, 6.07) is 12.0. The molecule has 8 heteroatoms. The highest BCUT2D eigenvalue weighted by Crippen LogP contribution is 2.40. The van der Waals surface area contributed by atoms with Gasteiger partial charge in [0.15, 0.2) is 5.82 Å². The number of aromatic nitrogens is 3. The molecule has 8 nitrogen and oxygen atoms in total. The molecule has 2 fully saturated rings. The van der Waals surface area contributed by atoms with E-state index in [4.69, 9.17) is 4.98 Å².